The predicted molar refractivity (Wildman–Crippen MR) is 138 cm³/mol. The Morgan fingerprint density at radius 3 is 2.61 bits per heavy atom. The summed E-state index contributed by atoms with van der Waals surface area (Å²) in [4.78, 5) is 8.60. The number of benzene rings is 2. The molecule has 6 nitrogen and oxygen atoms in total. The Hall–Kier alpha value is -2.07. The Bertz CT molecular complexity index is 947. The first kappa shape index (κ1) is 23.6. The second-order valence-corrected chi connectivity index (χ2v) is 8.44. The predicted octanol–water partition coefficient (Wildman–Crippen LogP) is 4.47. The minimum absolute atomic E-state index is 0. The van der Waals surface area contributed by atoms with Crippen molar-refractivity contribution in [2.24, 2.45) is 10.9 Å². The molecule has 2 aromatic carbocycles. The van der Waals surface area contributed by atoms with Gasteiger partial charge < -0.3 is 10.2 Å². The third-order valence-corrected chi connectivity index (χ3v) is 6.42. The van der Waals surface area contributed by atoms with E-state index in [2.05, 4.69) is 69.8 Å². The summed E-state index contributed by atoms with van der Waals surface area (Å²) in [6.45, 7) is 5.54. The van der Waals surface area contributed by atoms with Gasteiger partial charge in [-0.05, 0) is 43.5 Å². The molecule has 0 amide bonds. The molecule has 0 aliphatic carbocycles. The van der Waals surface area contributed by atoms with Crippen molar-refractivity contribution < 1.29 is 0 Å². The van der Waals surface area contributed by atoms with Gasteiger partial charge in [0.1, 0.15) is 12.9 Å². The van der Waals surface area contributed by atoms with Crippen molar-refractivity contribution in [3.8, 4) is 5.69 Å². The summed E-state index contributed by atoms with van der Waals surface area (Å²) in [5.41, 5.74) is 1.05. The zero-order valence-electron chi connectivity index (χ0n) is 17.7. The minimum Gasteiger partial charge on any atom is -0.357 e. The molecular weight excluding hydrogens is 519 g/mol. The summed E-state index contributed by atoms with van der Waals surface area (Å²) < 4.78 is 2.00. The Balaban J connectivity index is 0.00000272. The summed E-state index contributed by atoms with van der Waals surface area (Å²) >= 11 is 1.95. The Labute approximate surface area is 205 Å². The molecule has 0 bridgehead atoms. The highest BCUT2D eigenvalue weighted by Gasteiger charge is 2.25. The van der Waals surface area contributed by atoms with Crippen molar-refractivity contribution >= 4 is 41.7 Å². The van der Waals surface area contributed by atoms with E-state index in [0.717, 1.165) is 42.9 Å². The maximum atomic E-state index is 4.88. The monoisotopic (exact) mass is 548 g/mol. The fourth-order valence-corrected chi connectivity index (χ4v) is 4.68. The summed E-state index contributed by atoms with van der Waals surface area (Å²) in [6.07, 6.45) is 2.95. The van der Waals surface area contributed by atoms with Crippen molar-refractivity contribution in [1.29, 1.82) is 0 Å². The molecule has 164 valence electrons. The van der Waals surface area contributed by atoms with E-state index in [4.69, 9.17) is 4.99 Å². The number of guanidine groups is 1. The van der Waals surface area contributed by atoms with Crippen molar-refractivity contribution in [2.45, 2.75) is 24.8 Å². The largest absolute Gasteiger partial charge is 0.357 e. The van der Waals surface area contributed by atoms with Crippen LogP contribution in [0.2, 0.25) is 0 Å². The molecule has 1 saturated heterocycles. The fourth-order valence-electron chi connectivity index (χ4n) is 3.63. The first-order valence-electron chi connectivity index (χ1n) is 10.5. The van der Waals surface area contributed by atoms with Gasteiger partial charge >= 0.3 is 0 Å². The van der Waals surface area contributed by atoms with Gasteiger partial charge in [-0.3, -0.25) is 4.57 Å². The number of thioether (sulfide) groups is 1. The fraction of sp³-hybridized carbons (Fsp3) is 0.348. The molecule has 1 fully saturated rings. The van der Waals surface area contributed by atoms with E-state index in [0.29, 0.717) is 12.5 Å². The molecule has 1 aliphatic rings. The number of hydrogen-bond donors (Lipinski definition) is 1. The van der Waals surface area contributed by atoms with Crippen LogP contribution in [-0.4, -0.2) is 51.0 Å². The maximum Gasteiger partial charge on any atom is 0.194 e. The highest BCUT2D eigenvalue weighted by Crippen LogP contribution is 2.26. The van der Waals surface area contributed by atoms with Crippen LogP contribution < -0.4 is 5.32 Å². The summed E-state index contributed by atoms with van der Waals surface area (Å²) in [5.74, 6) is 3.62. The number of nitrogens with zero attached hydrogens (tertiary/aromatic N) is 5. The zero-order chi connectivity index (χ0) is 20.6. The van der Waals surface area contributed by atoms with Crippen molar-refractivity contribution in [2.75, 3.05) is 25.4 Å². The van der Waals surface area contributed by atoms with Gasteiger partial charge in [0.25, 0.3) is 0 Å². The SMILES string of the molecule is CCNC(=NCc1nncn1-c1ccccc1)N1CCC(CSc2ccccc2)C1.I. The lowest BCUT2D eigenvalue weighted by molar-refractivity contribution is 0.474. The van der Waals surface area contributed by atoms with Gasteiger partial charge in [-0.1, -0.05) is 36.4 Å². The number of aromatic nitrogens is 3. The van der Waals surface area contributed by atoms with Crippen LogP contribution in [0.4, 0.5) is 0 Å². The van der Waals surface area contributed by atoms with Gasteiger partial charge in [-0.15, -0.1) is 45.9 Å². The van der Waals surface area contributed by atoms with Gasteiger partial charge in [-0.2, -0.15) is 0 Å². The molecule has 3 aromatic rings. The third-order valence-electron chi connectivity index (χ3n) is 5.17. The first-order valence-corrected chi connectivity index (χ1v) is 11.5. The topological polar surface area (TPSA) is 58.3 Å². The number of hydrogen-bond acceptors (Lipinski definition) is 4. The van der Waals surface area contributed by atoms with Crippen LogP contribution in [0.25, 0.3) is 5.69 Å². The van der Waals surface area contributed by atoms with E-state index < -0.39 is 0 Å². The first-order chi connectivity index (χ1) is 14.8. The van der Waals surface area contributed by atoms with Gasteiger partial charge in [0.2, 0.25) is 0 Å². The van der Waals surface area contributed by atoms with E-state index in [1.165, 1.54) is 11.3 Å². The van der Waals surface area contributed by atoms with Gasteiger partial charge in [0.05, 0.1) is 0 Å². The standard InChI is InChI=1S/C23H28N6S.HI/c1-2-24-23(25-15-22-27-26-18-29(22)20-9-5-3-6-10-20)28-14-13-19(16-28)17-30-21-11-7-4-8-12-21;/h3-12,18-19H,2,13-17H2,1H3,(H,24,25);1H. The van der Waals surface area contributed by atoms with E-state index in [1.807, 2.05) is 34.5 Å². The Morgan fingerprint density at radius 2 is 1.87 bits per heavy atom. The van der Waals surface area contributed by atoms with Crippen molar-refractivity contribution in [3.63, 3.8) is 0 Å². The van der Waals surface area contributed by atoms with Crippen LogP contribution in [0, 0.1) is 5.92 Å². The number of aliphatic imine (C=N–C) groups is 1. The molecule has 1 aromatic heterocycles. The molecule has 1 unspecified atom stereocenters. The van der Waals surface area contributed by atoms with Crippen molar-refractivity contribution in [1.82, 2.24) is 25.0 Å². The molecule has 4 rings (SSSR count). The molecule has 0 spiro atoms. The quantitative estimate of drug-likeness (QED) is 0.205. The van der Waals surface area contributed by atoms with Crippen LogP contribution in [0.15, 0.2) is 76.9 Å². The average molecular weight is 548 g/mol. The summed E-state index contributed by atoms with van der Waals surface area (Å²) in [7, 11) is 0. The highest BCUT2D eigenvalue weighted by molar-refractivity contribution is 14.0. The molecule has 1 N–H and O–H groups in total. The smallest absolute Gasteiger partial charge is 0.194 e. The van der Waals surface area contributed by atoms with E-state index in [9.17, 15) is 0 Å². The molecule has 0 saturated carbocycles. The van der Waals surface area contributed by atoms with Crippen molar-refractivity contribution in [3.05, 3.63) is 72.8 Å². The van der Waals surface area contributed by atoms with Gasteiger partial charge in [0, 0.05) is 36.0 Å². The molecular formula is C23H29IN6S. The van der Waals surface area contributed by atoms with Crippen LogP contribution in [0.5, 0.6) is 0 Å². The van der Waals surface area contributed by atoms with Gasteiger partial charge in [0.15, 0.2) is 11.8 Å². The number of para-hydroxylation sites is 1. The number of likely N-dealkylation sites (tertiary alicyclic amines) is 1. The third kappa shape index (κ3) is 6.46. The summed E-state index contributed by atoms with van der Waals surface area (Å²) in [6, 6.07) is 20.8. The van der Waals surface area contributed by atoms with Crippen LogP contribution in [0.3, 0.4) is 0 Å². The number of halogens is 1. The molecule has 1 aliphatic heterocycles. The Morgan fingerprint density at radius 1 is 1.13 bits per heavy atom. The lowest BCUT2D eigenvalue weighted by Crippen LogP contribution is -2.40. The second kappa shape index (κ2) is 12.1. The Kier molecular flexibility index (Phi) is 9.20. The minimum atomic E-state index is 0. The molecule has 0 radical (unpaired) electrons. The normalized spacial score (nSPS) is 16.2. The average Bonchev–Trinajstić information content (AvgIpc) is 3.46. The lowest BCUT2D eigenvalue weighted by atomic mass is 10.2. The molecule has 2 heterocycles. The van der Waals surface area contributed by atoms with Crippen LogP contribution >= 0.6 is 35.7 Å². The lowest BCUT2D eigenvalue weighted by Gasteiger charge is -2.21. The maximum absolute atomic E-state index is 4.88. The second-order valence-electron chi connectivity index (χ2n) is 7.35. The highest BCUT2D eigenvalue weighted by atomic mass is 127. The molecule has 1 atom stereocenters. The molecule has 31 heavy (non-hydrogen) atoms. The summed E-state index contributed by atoms with van der Waals surface area (Å²) in [5, 5.41) is 11.8. The zero-order valence-corrected chi connectivity index (χ0v) is 20.9. The van der Waals surface area contributed by atoms with Crippen LogP contribution in [-0.2, 0) is 6.54 Å². The molecule has 8 heteroatoms. The van der Waals surface area contributed by atoms with E-state index >= 15 is 0 Å². The number of nitrogens with one attached hydrogen (secondary N) is 1. The van der Waals surface area contributed by atoms with Gasteiger partial charge in [-0.25, -0.2) is 4.99 Å². The van der Waals surface area contributed by atoms with E-state index in [-0.39, 0.29) is 24.0 Å². The number of rotatable bonds is 7. The van der Waals surface area contributed by atoms with Crippen LogP contribution in [0.1, 0.15) is 19.2 Å². The van der Waals surface area contributed by atoms with E-state index in [1.54, 1.807) is 6.33 Å².